The lowest BCUT2D eigenvalue weighted by Crippen LogP contribution is -2.40. The fourth-order valence-corrected chi connectivity index (χ4v) is 2.39. The lowest BCUT2D eigenvalue weighted by molar-refractivity contribution is -0.149. The fraction of sp³-hybridized carbons (Fsp3) is 0.692. The molecule has 0 aliphatic carbocycles. The molecule has 0 saturated carbocycles. The van der Waals surface area contributed by atoms with Gasteiger partial charge < -0.3 is 14.2 Å². The number of hydrogen-bond donors (Lipinski definition) is 0. The van der Waals surface area contributed by atoms with Gasteiger partial charge in [0.25, 0.3) is 0 Å². The van der Waals surface area contributed by atoms with Crippen LogP contribution in [0.25, 0.3) is 0 Å². The van der Waals surface area contributed by atoms with Crippen molar-refractivity contribution < 1.29 is 9.53 Å². The summed E-state index contributed by atoms with van der Waals surface area (Å²) in [6.45, 7) is 6.13. The summed E-state index contributed by atoms with van der Waals surface area (Å²) in [5, 5.41) is 0. The van der Waals surface area contributed by atoms with Crippen LogP contribution in [0.15, 0.2) is 18.7 Å². The second kappa shape index (κ2) is 6.54. The van der Waals surface area contributed by atoms with Crippen molar-refractivity contribution in [3.8, 4) is 0 Å². The average molecular weight is 251 g/mol. The van der Waals surface area contributed by atoms with E-state index in [1.54, 1.807) is 6.20 Å². The van der Waals surface area contributed by atoms with Crippen molar-refractivity contribution in [2.75, 3.05) is 26.2 Å². The number of imidazole rings is 1. The maximum absolute atomic E-state index is 11.7. The van der Waals surface area contributed by atoms with Crippen molar-refractivity contribution >= 4 is 5.97 Å². The predicted molar refractivity (Wildman–Crippen MR) is 68.0 cm³/mol. The van der Waals surface area contributed by atoms with E-state index in [1.807, 2.05) is 19.4 Å². The number of aromatic nitrogens is 2. The van der Waals surface area contributed by atoms with Crippen LogP contribution in [0.1, 0.15) is 19.8 Å². The summed E-state index contributed by atoms with van der Waals surface area (Å²) >= 11 is 0. The van der Waals surface area contributed by atoms with Crippen LogP contribution in [0.2, 0.25) is 0 Å². The standard InChI is InChI=1S/C13H21N3O2/c1-2-18-13(17)12-4-3-6-15(10-12)8-9-16-7-5-14-11-16/h5,7,11-12H,2-4,6,8-10H2,1H3/t12-/m1/s1. The summed E-state index contributed by atoms with van der Waals surface area (Å²) in [6, 6.07) is 0. The third-order valence-corrected chi connectivity index (χ3v) is 3.36. The molecule has 2 rings (SSSR count). The Morgan fingerprint density at radius 1 is 1.50 bits per heavy atom. The molecule has 1 aliphatic heterocycles. The number of nitrogens with zero attached hydrogens (tertiary/aromatic N) is 3. The molecule has 0 radical (unpaired) electrons. The van der Waals surface area contributed by atoms with Crippen molar-refractivity contribution in [1.29, 1.82) is 0 Å². The first-order valence-electron chi connectivity index (χ1n) is 6.64. The molecule has 1 atom stereocenters. The van der Waals surface area contributed by atoms with E-state index in [2.05, 4.69) is 14.5 Å². The molecule has 0 amide bonds. The molecule has 18 heavy (non-hydrogen) atoms. The normalized spacial score (nSPS) is 20.8. The van der Waals surface area contributed by atoms with Crippen molar-refractivity contribution in [2.45, 2.75) is 26.3 Å². The second-order valence-corrected chi connectivity index (χ2v) is 4.69. The van der Waals surface area contributed by atoms with Crippen molar-refractivity contribution in [3.05, 3.63) is 18.7 Å². The number of carbonyl (C=O) groups is 1. The van der Waals surface area contributed by atoms with Gasteiger partial charge >= 0.3 is 5.97 Å². The molecule has 1 fully saturated rings. The van der Waals surface area contributed by atoms with Crippen LogP contribution in [0.4, 0.5) is 0 Å². The van der Waals surface area contributed by atoms with Crippen molar-refractivity contribution in [1.82, 2.24) is 14.5 Å². The summed E-state index contributed by atoms with van der Waals surface area (Å²) in [7, 11) is 0. The summed E-state index contributed by atoms with van der Waals surface area (Å²) in [5.74, 6) is 0.0197. The number of likely N-dealkylation sites (tertiary alicyclic amines) is 1. The van der Waals surface area contributed by atoms with Crippen LogP contribution in [0.5, 0.6) is 0 Å². The molecule has 1 saturated heterocycles. The van der Waals surface area contributed by atoms with E-state index < -0.39 is 0 Å². The highest BCUT2D eigenvalue weighted by Crippen LogP contribution is 2.17. The van der Waals surface area contributed by atoms with Crippen molar-refractivity contribution in [3.63, 3.8) is 0 Å². The highest BCUT2D eigenvalue weighted by atomic mass is 16.5. The molecule has 2 heterocycles. The summed E-state index contributed by atoms with van der Waals surface area (Å²) < 4.78 is 7.16. The number of ether oxygens (including phenoxy) is 1. The van der Waals surface area contributed by atoms with Crippen LogP contribution in [0, 0.1) is 5.92 Å². The second-order valence-electron chi connectivity index (χ2n) is 4.69. The topological polar surface area (TPSA) is 47.4 Å². The zero-order valence-corrected chi connectivity index (χ0v) is 10.9. The Morgan fingerprint density at radius 3 is 3.11 bits per heavy atom. The molecule has 0 unspecified atom stereocenters. The van der Waals surface area contributed by atoms with Gasteiger partial charge in [-0.2, -0.15) is 0 Å². The van der Waals surface area contributed by atoms with E-state index in [1.165, 1.54) is 0 Å². The van der Waals surface area contributed by atoms with Gasteiger partial charge in [0.05, 0.1) is 18.9 Å². The number of piperidine rings is 1. The molecule has 100 valence electrons. The van der Waals surface area contributed by atoms with E-state index in [9.17, 15) is 4.79 Å². The van der Waals surface area contributed by atoms with Gasteiger partial charge in [0.1, 0.15) is 0 Å². The Hall–Kier alpha value is -1.36. The average Bonchev–Trinajstić information content (AvgIpc) is 2.90. The van der Waals surface area contributed by atoms with E-state index >= 15 is 0 Å². The molecule has 0 spiro atoms. The third kappa shape index (κ3) is 3.57. The van der Waals surface area contributed by atoms with Crippen LogP contribution in [-0.4, -0.2) is 46.7 Å². The fourth-order valence-electron chi connectivity index (χ4n) is 2.39. The minimum absolute atomic E-state index is 0.0372. The Labute approximate surface area is 108 Å². The van der Waals surface area contributed by atoms with Gasteiger partial charge in [-0.15, -0.1) is 0 Å². The summed E-state index contributed by atoms with van der Waals surface area (Å²) in [5.41, 5.74) is 0. The Morgan fingerprint density at radius 2 is 2.39 bits per heavy atom. The zero-order chi connectivity index (χ0) is 12.8. The van der Waals surface area contributed by atoms with Gasteiger partial charge in [-0.05, 0) is 26.3 Å². The summed E-state index contributed by atoms with van der Waals surface area (Å²) in [4.78, 5) is 18.1. The molecule has 1 aromatic rings. The molecular weight excluding hydrogens is 230 g/mol. The van der Waals surface area contributed by atoms with Crippen LogP contribution < -0.4 is 0 Å². The maximum atomic E-state index is 11.7. The molecule has 5 nitrogen and oxygen atoms in total. The first kappa shape index (κ1) is 13.1. The van der Waals surface area contributed by atoms with Crippen molar-refractivity contribution in [2.24, 2.45) is 5.92 Å². The van der Waals surface area contributed by atoms with Gasteiger partial charge in [0.2, 0.25) is 0 Å². The molecule has 5 heteroatoms. The first-order valence-corrected chi connectivity index (χ1v) is 6.64. The highest BCUT2D eigenvalue weighted by molar-refractivity contribution is 5.72. The Kier molecular flexibility index (Phi) is 4.75. The molecule has 1 aromatic heterocycles. The minimum atomic E-state index is -0.0372. The van der Waals surface area contributed by atoms with Crippen LogP contribution >= 0.6 is 0 Å². The monoisotopic (exact) mass is 251 g/mol. The van der Waals surface area contributed by atoms with Crippen LogP contribution in [0.3, 0.4) is 0 Å². The molecule has 0 aromatic carbocycles. The van der Waals surface area contributed by atoms with Gasteiger partial charge in [-0.3, -0.25) is 4.79 Å². The zero-order valence-electron chi connectivity index (χ0n) is 10.9. The van der Waals surface area contributed by atoms with Crippen LogP contribution in [-0.2, 0) is 16.1 Å². The Bertz CT molecular complexity index is 364. The maximum Gasteiger partial charge on any atom is 0.310 e. The highest BCUT2D eigenvalue weighted by Gasteiger charge is 2.26. The smallest absolute Gasteiger partial charge is 0.310 e. The van der Waals surface area contributed by atoms with E-state index in [0.29, 0.717) is 6.61 Å². The molecular formula is C13H21N3O2. The lowest BCUT2D eigenvalue weighted by atomic mass is 9.98. The molecule has 0 N–H and O–H groups in total. The van der Waals surface area contributed by atoms with E-state index in [4.69, 9.17) is 4.74 Å². The third-order valence-electron chi connectivity index (χ3n) is 3.36. The molecule has 0 bridgehead atoms. The van der Waals surface area contributed by atoms with Gasteiger partial charge in [0, 0.05) is 32.0 Å². The minimum Gasteiger partial charge on any atom is -0.466 e. The summed E-state index contributed by atoms with van der Waals surface area (Å²) in [6.07, 6.45) is 7.62. The number of carbonyl (C=O) groups excluding carboxylic acids is 1. The van der Waals surface area contributed by atoms with Gasteiger partial charge in [0.15, 0.2) is 0 Å². The Balaban J connectivity index is 1.77. The van der Waals surface area contributed by atoms with Gasteiger partial charge in [-0.25, -0.2) is 4.98 Å². The molecule has 1 aliphatic rings. The van der Waals surface area contributed by atoms with Gasteiger partial charge in [-0.1, -0.05) is 0 Å². The SMILES string of the molecule is CCOC(=O)[C@@H]1CCCN(CCn2ccnc2)C1. The predicted octanol–water partition coefficient (Wildman–Crippen LogP) is 1.16. The quantitative estimate of drug-likeness (QED) is 0.737. The number of hydrogen-bond acceptors (Lipinski definition) is 4. The lowest BCUT2D eigenvalue weighted by Gasteiger charge is -2.31. The van der Waals surface area contributed by atoms with E-state index in [-0.39, 0.29) is 11.9 Å². The number of rotatable bonds is 5. The first-order chi connectivity index (χ1) is 8.79. The largest absolute Gasteiger partial charge is 0.466 e. The van der Waals surface area contributed by atoms with E-state index in [0.717, 1.165) is 39.0 Å². The number of esters is 1.